The van der Waals surface area contributed by atoms with Gasteiger partial charge in [-0.25, -0.2) is 4.79 Å². The van der Waals surface area contributed by atoms with E-state index in [4.69, 9.17) is 5.11 Å². The number of carbonyl (C=O) groups is 2. The van der Waals surface area contributed by atoms with Crippen LogP contribution in [0.15, 0.2) is 24.4 Å². The molecular weight excluding hydrogens is 318 g/mol. The largest absolute Gasteiger partial charge is 0.478 e. The summed E-state index contributed by atoms with van der Waals surface area (Å²) in [7, 11) is 0. The lowest BCUT2D eigenvalue weighted by atomic mass is 10.0. The van der Waals surface area contributed by atoms with Crippen LogP contribution in [0.5, 0.6) is 0 Å². The van der Waals surface area contributed by atoms with Gasteiger partial charge < -0.3 is 10.4 Å². The number of carboxylic acid groups (broad SMARTS) is 1. The first-order valence-electron chi connectivity index (χ1n) is 8.62. The van der Waals surface area contributed by atoms with E-state index in [1.807, 2.05) is 18.5 Å². The number of benzene rings is 1. The van der Waals surface area contributed by atoms with E-state index in [0.29, 0.717) is 6.04 Å². The second-order valence-electron chi connectivity index (χ2n) is 6.70. The Kier molecular flexibility index (Phi) is 4.88. The smallest absolute Gasteiger partial charge is 0.335 e. The van der Waals surface area contributed by atoms with E-state index in [2.05, 4.69) is 10.4 Å². The Morgan fingerprint density at radius 3 is 2.64 bits per heavy atom. The van der Waals surface area contributed by atoms with Crippen molar-refractivity contribution in [3.63, 3.8) is 0 Å². The van der Waals surface area contributed by atoms with Crippen LogP contribution in [-0.4, -0.2) is 26.8 Å². The molecule has 1 aromatic heterocycles. The number of aromatic nitrogens is 2. The summed E-state index contributed by atoms with van der Waals surface area (Å²) >= 11 is 0. The number of aromatic carboxylic acids is 1. The lowest BCUT2D eigenvalue weighted by Gasteiger charge is -2.13. The van der Waals surface area contributed by atoms with Gasteiger partial charge in [-0.1, -0.05) is 18.9 Å². The molecule has 2 aromatic rings. The third-order valence-electron chi connectivity index (χ3n) is 4.93. The molecule has 1 aliphatic carbocycles. The zero-order valence-corrected chi connectivity index (χ0v) is 14.6. The molecule has 1 aromatic carbocycles. The van der Waals surface area contributed by atoms with Gasteiger partial charge in [0.1, 0.15) is 0 Å². The summed E-state index contributed by atoms with van der Waals surface area (Å²) in [4.78, 5) is 23.4. The minimum absolute atomic E-state index is 0.125. The molecule has 0 aliphatic heterocycles. The molecule has 0 atom stereocenters. The topological polar surface area (TPSA) is 84.2 Å². The van der Waals surface area contributed by atoms with Crippen molar-refractivity contribution in [1.29, 1.82) is 0 Å². The van der Waals surface area contributed by atoms with Gasteiger partial charge in [0.15, 0.2) is 0 Å². The van der Waals surface area contributed by atoms with Crippen LogP contribution in [0.4, 0.5) is 5.69 Å². The van der Waals surface area contributed by atoms with Gasteiger partial charge in [-0.05, 0) is 49.9 Å². The van der Waals surface area contributed by atoms with Crippen molar-refractivity contribution in [3.8, 4) is 0 Å². The third kappa shape index (κ3) is 3.73. The van der Waals surface area contributed by atoms with Crippen LogP contribution in [-0.2, 0) is 11.2 Å². The van der Waals surface area contributed by atoms with Gasteiger partial charge in [-0.3, -0.25) is 9.48 Å². The number of anilines is 1. The molecule has 1 heterocycles. The molecule has 1 aliphatic rings. The van der Waals surface area contributed by atoms with Gasteiger partial charge >= 0.3 is 5.97 Å². The first-order chi connectivity index (χ1) is 12.0. The maximum absolute atomic E-state index is 12.4. The fourth-order valence-electron chi connectivity index (χ4n) is 3.46. The number of hydrogen-bond acceptors (Lipinski definition) is 3. The summed E-state index contributed by atoms with van der Waals surface area (Å²) in [6.45, 7) is 3.80. The Bertz CT molecular complexity index is 804. The lowest BCUT2D eigenvalue weighted by Crippen LogP contribution is -2.16. The Balaban J connectivity index is 1.68. The maximum Gasteiger partial charge on any atom is 0.335 e. The quantitative estimate of drug-likeness (QED) is 0.872. The normalized spacial score (nSPS) is 14.6. The van der Waals surface area contributed by atoms with Crippen LogP contribution in [0.2, 0.25) is 0 Å². The van der Waals surface area contributed by atoms with Gasteiger partial charge in [0.05, 0.1) is 35.6 Å². The van der Waals surface area contributed by atoms with Crippen molar-refractivity contribution >= 4 is 17.6 Å². The molecular formula is C19H23N3O3. The SMILES string of the molecule is Cc1cc(C(=O)O)ccc1CC(=O)Nc1cnn(C2CCCC2)c1C. The summed E-state index contributed by atoms with van der Waals surface area (Å²) in [6, 6.07) is 5.26. The van der Waals surface area contributed by atoms with Crippen LogP contribution < -0.4 is 5.32 Å². The molecule has 0 spiro atoms. The van der Waals surface area contributed by atoms with E-state index < -0.39 is 5.97 Å². The first-order valence-corrected chi connectivity index (χ1v) is 8.62. The van der Waals surface area contributed by atoms with Gasteiger partial charge in [0.2, 0.25) is 5.91 Å². The standard InChI is InChI=1S/C19H23N3O3/c1-12-9-15(19(24)25)8-7-14(12)10-18(23)21-17-11-20-22(13(17)2)16-5-3-4-6-16/h7-9,11,16H,3-6,10H2,1-2H3,(H,21,23)(H,24,25). The fourth-order valence-corrected chi connectivity index (χ4v) is 3.46. The zero-order chi connectivity index (χ0) is 18.0. The monoisotopic (exact) mass is 341 g/mol. The summed E-state index contributed by atoms with van der Waals surface area (Å²) < 4.78 is 2.02. The zero-order valence-electron chi connectivity index (χ0n) is 14.6. The number of hydrogen-bond donors (Lipinski definition) is 2. The molecule has 6 nitrogen and oxygen atoms in total. The molecule has 0 bridgehead atoms. The van der Waals surface area contributed by atoms with E-state index in [-0.39, 0.29) is 17.9 Å². The molecule has 1 fully saturated rings. The summed E-state index contributed by atoms with van der Waals surface area (Å²) in [5.74, 6) is -1.09. The summed E-state index contributed by atoms with van der Waals surface area (Å²) in [6.07, 6.45) is 6.68. The first kappa shape index (κ1) is 17.2. The van der Waals surface area contributed by atoms with E-state index in [9.17, 15) is 9.59 Å². The summed E-state index contributed by atoms with van der Waals surface area (Å²) in [5, 5.41) is 16.4. The van der Waals surface area contributed by atoms with Crippen LogP contribution >= 0.6 is 0 Å². The molecule has 1 amide bonds. The van der Waals surface area contributed by atoms with E-state index in [0.717, 1.165) is 35.3 Å². The van der Waals surface area contributed by atoms with Crippen LogP contribution in [0, 0.1) is 13.8 Å². The minimum atomic E-state index is -0.964. The van der Waals surface area contributed by atoms with Gasteiger partial charge in [-0.15, -0.1) is 0 Å². The second kappa shape index (κ2) is 7.09. The maximum atomic E-state index is 12.4. The van der Waals surface area contributed by atoms with E-state index >= 15 is 0 Å². The van der Waals surface area contributed by atoms with E-state index in [1.54, 1.807) is 18.3 Å². The molecule has 6 heteroatoms. The average molecular weight is 341 g/mol. The number of carboxylic acids is 1. The van der Waals surface area contributed by atoms with Crippen molar-refractivity contribution in [1.82, 2.24) is 9.78 Å². The molecule has 132 valence electrons. The molecule has 25 heavy (non-hydrogen) atoms. The number of amides is 1. The summed E-state index contributed by atoms with van der Waals surface area (Å²) in [5.41, 5.74) is 3.59. The number of rotatable bonds is 5. The number of nitrogens with zero attached hydrogens (tertiary/aromatic N) is 2. The predicted octanol–water partition coefficient (Wildman–Crippen LogP) is 3.49. The molecule has 2 N–H and O–H groups in total. The van der Waals surface area contributed by atoms with Crippen LogP contribution in [0.1, 0.15) is 58.9 Å². The van der Waals surface area contributed by atoms with Crippen molar-refractivity contribution < 1.29 is 14.7 Å². The Labute approximate surface area is 146 Å². The third-order valence-corrected chi connectivity index (χ3v) is 4.93. The Morgan fingerprint density at radius 1 is 1.28 bits per heavy atom. The Hall–Kier alpha value is -2.63. The minimum Gasteiger partial charge on any atom is -0.478 e. The van der Waals surface area contributed by atoms with Crippen molar-refractivity contribution in [2.45, 2.75) is 52.0 Å². The highest BCUT2D eigenvalue weighted by molar-refractivity contribution is 5.93. The number of aryl methyl sites for hydroxylation is 1. The van der Waals surface area contributed by atoms with Gasteiger partial charge in [-0.2, -0.15) is 5.10 Å². The molecule has 0 unspecified atom stereocenters. The second-order valence-corrected chi connectivity index (χ2v) is 6.70. The van der Waals surface area contributed by atoms with Crippen LogP contribution in [0.25, 0.3) is 0 Å². The highest BCUT2D eigenvalue weighted by atomic mass is 16.4. The number of nitrogens with one attached hydrogen (secondary N) is 1. The van der Waals surface area contributed by atoms with Crippen molar-refractivity contribution in [2.24, 2.45) is 0 Å². The van der Waals surface area contributed by atoms with Gasteiger partial charge in [0, 0.05) is 0 Å². The van der Waals surface area contributed by atoms with E-state index in [1.165, 1.54) is 18.9 Å². The van der Waals surface area contributed by atoms with Crippen molar-refractivity contribution in [2.75, 3.05) is 5.32 Å². The average Bonchev–Trinajstić information content (AvgIpc) is 3.20. The van der Waals surface area contributed by atoms with Crippen LogP contribution in [0.3, 0.4) is 0 Å². The molecule has 1 saturated carbocycles. The molecule has 0 saturated heterocycles. The highest BCUT2D eigenvalue weighted by Crippen LogP contribution is 2.31. The van der Waals surface area contributed by atoms with Crippen molar-refractivity contribution in [3.05, 3.63) is 46.8 Å². The predicted molar refractivity (Wildman–Crippen MR) is 94.9 cm³/mol. The Morgan fingerprint density at radius 2 is 2.00 bits per heavy atom. The number of carbonyl (C=O) groups excluding carboxylic acids is 1. The fraction of sp³-hybridized carbons (Fsp3) is 0.421. The molecule has 0 radical (unpaired) electrons. The highest BCUT2D eigenvalue weighted by Gasteiger charge is 2.21. The molecule has 3 rings (SSSR count). The van der Waals surface area contributed by atoms with Gasteiger partial charge in [0.25, 0.3) is 0 Å². The lowest BCUT2D eigenvalue weighted by molar-refractivity contribution is -0.115.